The predicted molar refractivity (Wildman–Crippen MR) is 93.0 cm³/mol. The van der Waals surface area contributed by atoms with Gasteiger partial charge in [0.25, 0.3) is 0 Å². The highest BCUT2D eigenvalue weighted by Crippen LogP contribution is 2.44. The molecule has 0 aliphatic heterocycles. The number of hydrogen-bond donors (Lipinski definition) is 2. The number of benzene rings is 1. The highest BCUT2D eigenvalue weighted by Gasteiger charge is 2.42. The molecule has 2 fully saturated rings. The molecule has 1 aromatic carbocycles. The third-order valence-corrected chi connectivity index (χ3v) is 4.96. The van der Waals surface area contributed by atoms with Gasteiger partial charge >= 0.3 is 6.03 Å². The second-order valence-electron chi connectivity index (χ2n) is 6.97. The van der Waals surface area contributed by atoms with Gasteiger partial charge < -0.3 is 10.6 Å². The number of carbonyl (C=O) groups is 1. The lowest BCUT2D eigenvalue weighted by Crippen LogP contribution is -2.44. The standard InChI is InChI=1S/C19H24N4O/c24-19(22-18(15-4-5-15)16-6-7-16)20-12-10-14-2-8-17(9-3-14)23-13-1-11-21-23/h1-3,8-9,11,13,15-16,18H,4-7,10,12H2,(H2,20,22,24). The Morgan fingerprint density at radius 3 is 2.46 bits per heavy atom. The van der Waals surface area contributed by atoms with Crippen molar-refractivity contribution in [3.05, 3.63) is 48.3 Å². The quantitative estimate of drug-likeness (QED) is 0.823. The maximum absolute atomic E-state index is 12.1. The first-order valence-corrected chi connectivity index (χ1v) is 8.93. The molecule has 0 atom stereocenters. The summed E-state index contributed by atoms with van der Waals surface area (Å²) in [5, 5.41) is 10.4. The Balaban J connectivity index is 1.22. The van der Waals surface area contributed by atoms with Crippen molar-refractivity contribution in [1.29, 1.82) is 0 Å². The zero-order chi connectivity index (χ0) is 16.4. The van der Waals surface area contributed by atoms with Crippen LogP contribution in [0.2, 0.25) is 0 Å². The number of hydrogen-bond acceptors (Lipinski definition) is 2. The van der Waals surface area contributed by atoms with Crippen LogP contribution in [0.25, 0.3) is 5.69 Å². The van der Waals surface area contributed by atoms with E-state index < -0.39 is 0 Å². The van der Waals surface area contributed by atoms with Gasteiger partial charge in [0.2, 0.25) is 0 Å². The van der Waals surface area contributed by atoms with Crippen LogP contribution >= 0.6 is 0 Å². The first-order chi connectivity index (χ1) is 11.8. The van der Waals surface area contributed by atoms with Gasteiger partial charge in [-0.3, -0.25) is 0 Å². The van der Waals surface area contributed by atoms with E-state index in [4.69, 9.17) is 0 Å². The van der Waals surface area contributed by atoms with Crippen LogP contribution in [-0.4, -0.2) is 28.4 Å². The van der Waals surface area contributed by atoms with Crippen LogP contribution in [0.1, 0.15) is 31.2 Å². The number of nitrogens with zero attached hydrogens (tertiary/aromatic N) is 2. The molecule has 5 heteroatoms. The fourth-order valence-electron chi connectivity index (χ4n) is 3.29. The van der Waals surface area contributed by atoms with Gasteiger partial charge in [-0.15, -0.1) is 0 Å². The Bertz CT molecular complexity index is 660. The van der Waals surface area contributed by atoms with Crippen LogP contribution in [-0.2, 0) is 6.42 Å². The van der Waals surface area contributed by atoms with Crippen molar-refractivity contribution in [3.8, 4) is 5.69 Å². The topological polar surface area (TPSA) is 59.0 Å². The second kappa shape index (κ2) is 6.67. The van der Waals surface area contributed by atoms with Crippen molar-refractivity contribution in [2.45, 2.75) is 38.1 Å². The van der Waals surface area contributed by atoms with Crippen LogP contribution in [0.5, 0.6) is 0 Å². The van der Waals surface area contributed by atoms with E-state index in [-0.39, 0.29) is 6.03 Å². The Hall–Kier alpha value is -2.30. The molecule has 2 N–H and O–H groups in total. The van der Waals surface area contributed by atoms with Crippen LogP contribution < -0.4 is 10.6 Å². The molecule has 126 valence electrons. The number of aromatic nitrogens is 2. The van der Waals surface area contributed by atoms with E-state index in [9.17, 15) is 4.79 Å². The van der Waals surface area contributed by atoms with Gasteiger partial charge in [0.05, 0.1) is 5.69 Å². The Kier molecular flexibility index (Phi) is 4.24. The fraction of sp³-hybridized carbons (Fsp3) is 0.474. The summed E-state index contributed by atoms with van der Waals surface area (Å²) in [6.45, 7) is 0.662. The van der Waals surface area contributed by atoms with E-state index in [1.165, 1.54) is 31.2 Å². The highest BCUT2D eigenvalue weighted by molar-refractivity contribution is 5.74. The van der Waals surface area contributed by atoms with Gasteiger partial charge in [-0.2, -0.15) is 5.10 Å². The molecule has 5 nitrogen and oxygen atoms in total. The van der Waals surface area contributed by atoms with E-state index in [2.05, 4.69) is 40.0 Å². The molecule has 2 amide bonds. The summed E-state index contributed by atoms with van der Waals surface area (Å²) in [7, 11) is 0. The minimum atomic E-state index is -0.00744. The maximum atomic E-state index is 12.1. The van der Waals surface area contributed by atoms with Crippen molar-refractivity contribution >= 4 is 6.03 Å². The van der Waals surface area contributed by atoms with Gasteiger partial charge in [-0.05, 0) is 67.7 Å². The summed E-state index contributed by atoms with van der Waals surface area (Å²) in [4.78, 5) is 12.1. The van der Waals surface area contributed by atoms with Crippen molar-refractivity contribution in [1.82, 2.24) is 20.4 Å². The minimum absolute atomic E-state index is 0.00744. The predicted octanol–water partition coefficient (Wildman–Crippen LogP) is 2.90. The molecule has 2 aromatic rings. The third-order valence-electron chi connectivity index (χ3n) is 4.96. The molecular weight excluding hydrogens is 300 g/mol. The average molecular weight is 324 g/mol. The van der Waals surface area contributed by atoms with E-state index >= 15 is 0 Å². The molecule has 24 heavy (non-hydrogen) atoms. The second-order valence-corrected chi connectivity index (χ2v) is 6.97. The number of urea groups is 1. The summed E-state index contributed by atoms with van der Waals surface area (Å²) in [6.07, 6.45) is 9.66. The largest absolute Gasteiger partial charge is 0.338 e. The fourth-order valence-corrected chi connectivity index (χ4v) is 3.29. The smallest absolute Gasteiger partial charge is 0.315 e. The van der Waals surface area contributed by atoms with Crippen molar-refractivity contribution < 1.29 is 4.79 Å². The Morgan fingerprint density at radius 1 is 1.17 bits per heavy atom. The lowest BCUT2D eigenvalue weighted by molar-refractivity contribution is 0.233. The Morgan fingerprint density at radius 2 is 1.88 bits per heavy atom. The molecule has 0 bridgehead atoms. The van der Waals surface area contributed by atoms with Crippen molar-refractivity contribution in [2.75, 3.05) is 6.54 Å². The molecule has 2 aliphatic rings. The van der Waals surface area contributed by atoms with Gasteiger partial charge in [-0.25, -0.2) is 9.48 Å². The molecule has 0 saturated heterocycles. The SMILES string of the molecule is O=C(NCCc1ccc(-n2cccn2)cc1)NC(C1CC1)C1CC1. The molecule has 0 unspecified atom stereocenters. The molecule has 1 aromatic heterocycles. The number of carbonyl (C=O) groups excluding carboxylic acids is 1. The lowest BCUT2D eigenvalue weighted by Gasteiger charge is -2.18. The molecule has 1 heterocycles. The van der Waals surface area contributed by atoms with Crippen molar-refractivity contribution in [3.63, 3.8) is 0 Å². The van der Waals surface area contributed by atoms with E-state index in [0.717, 1.165) is 23.9 Å². The zero-order valence-corrected chi connectivity index (χ0v) is 13.8. The molecule has 0 spiro atoms. The van der Waals surface area contributed by atoms with Crippen LogP contribution in [0, 0.1) is 11.8 Å². The van der Waals surface area contributed by atoms with Crippen LogP contribution in [0.4, 0.5) is 4.79 Å². The monoisotopic (exact) mass is 324 g/mol. The molecule has 2 saturated carbocycles. The summed E-state index contributed by atoms with van der Waals surface area (Å²) >= 11 is 0. The lowest BCUT2D eigenvalue weighted by atomic mass is 10.1. The van der Waals surface area contributed by atoms with Crippen LogP contribution in [0.3, 0.4) is 0 Å². The van der Waals surface area contributed by atoms with Crippen molar-refractivity contribution in [2.24, 2.45) is 11.8 Å². The maximum Gasteiger partial charge on any atom is 0.315 e. The minimum Gasteiger partial charge on any atom is -0.338 e. The molecule has 4 rings (SSSR count). The molecule has 2 aliphatic carbocycles. The number of nitrogens with one attached hydrogen (secondary N) is 2. The average Bonchev–Trinajstić information content (AvgIpc) is 3.53. The van der Waals surface area contributed by atoms with E-state index in [1.54, 1.807) is 6.20 Å². The third kappa shape index (κ3) is 3.78. The van der Waals surface area contributed by atoms with Crippen LogP contribution in [0.15, 0.2) is 42.7 Å². The van der Waals surface area contributed by atoms with E-state index in [0.29, 0.717) is 12.6 Å². The first-order valence-electron chi connectivity index (χ1n) is 8.93. The van der Waals surface area contributed by atoms with Gasteiger partial charge in [0.1, 0.15) is 0 Å². The summed E-state index contributed by atoms with van der Waals surface area (Å²) in [6, 6.07) is 10.6. The summed E-state index contributed by atoms with van der Waals surface area (Å²) < 4.78 is 1.84. The van der Waals surface area contributed by atoms with Gasteiger partial charge in [0.15, 0.2) is 0 Å². The van der Waals surface area contributed by atoms with Gasteiger partial charge in [-0.1, -0.05) is 12.1 Å². The van der Waals surface area contributed by atoms with E-state index in [1.807, 2.05) is 16.9 Å². The number of rotatable bonds is 7. The van der Waals surface area contributed by atoms with Gasteiger partial charge in [0, 0.05) is 25.0 Å². The summed E-state index contributed by atoms with van der Waals surface area (Å²) in [5.41, 5.74) is 2.26. The molecule has 0 radical (unpaired) electrons. The molecular formula is C19H24N4O. The first kappa shape index (κ1) is 15.2. The number of amides is 2. The Labute approximate surface area is 142 Å². The zero-order valence-electron chi connectivity index (χ0n) is 13.8. The summed E-state index contributed by atoms with van der Waals surface area (Å²) in [5.74, 6) is 1.47. The normalized spacial score (nSPS) is 17.0. The highest BCUT2D eigenvalue weighted by atomic mass is 16.2.